The lowest BCUT2D eigenvalue weighted by Crippen LogP contribution is -2.50. The molecule has 0 spiro atoms. The summed E-state index contributed by atoms with van der Waals surface area (Å²) >= 11 is 0. The second-order valence-electron chi connectivity index (χ2n) is 14.5. The van der Waals surface area contributed by atoms with E-state index in [1.54, 1.807) is 16.9 Å². The molecule has 2 heterocycles. The number of aromatic nitrogens is 4. The molecule has 2 N–H and O–H groups in total. The molecule has 2 saturated carbocycles. The first-order valence-corrected chi connectivity index (χ1v) is 20.0. The van der Waals surface area contributed by atoms with Crippen molar-refractivity contribution in [3.05, 3.63) is 54.2 Å². The summed E-state index contributed by atoms with van der Waals surface area (Å²) in [5.41, 5.74) is 4.24. The molecule has 1 aromatic carbocycles. The molecule has 0 aliphatic heterocycles. The highest BCUT2D eigenvalue weighted by molar-refractivity contribution is 6.76. The number of hydrogen-bond donors (Lipinski definition) is 2. The summed E-state index contributed by atoms with van der Waals surface area (Å²) < 4.78 is 9.84. The van der Waals surface area contributed by atoms with Gasteiger partial charge in [0.05, 0.1) is 17.7 Å². The van der Waals surface area contributed by atoms with Gasteiger partial charge < -0.3 is 19.9 Å². The molecule has 0 saturated heterocycles. The minimum Gasteiger partial charge on any atom is -0.361 e. The van der Waals surface area contributed by atoms with Crippen LogP contribution in [-0.4, -0.2) is 51.9 Å². The molecule has 1 unspecified atom stereocenters. The quantitative estimate of drug-likeness (QED) is 0.142. The summed E-state index contributed by atoms with van der Waals surface area (Å²) in [6.45, 7) is 16.7. The van der Waals surface area contributed by atoms with Crippen molar-refractivity contribution in [2.45, 2.75) is 104 Å². The molecule has 9 nitrogen and oxygen atoms in total. The van der Waals surface area contributed by atoms with Crippen molar-refractivity contribution < 1.29 is 14.3 Å². The summed E-state index contributed by atoms with van der Waals surface area (Å²) in [6, 6.07) is 10.2. The van der Waals surface area contributed by atoms with Crippen molar-refractivity contribution in [3.63, 3.8) is 0 Å². The first-order chi connectivity index (χ1) is 20.9. The van der Waals surface area contributed by atoms with Gasteiger partial charge in [0.2, 0.25) is 5.91 Å². The smallest absolute Gasteiger partial charge is 0.270 e. The van der Waals surface area contributed by atoms with Gasteiger partial charge in [0.1, 0.15) is 18.5 Å². The van der Waals surface area contributed by atoms with Crippen LogP contribution >= 0.6 is 0 Å². The van der Waals surface area contributed by atoms with Crippen LogP contribution in [0, 0.1) is 17.8 Å². The molecule has 2 amide bonds. The minimum absolute atomic E-state index is 0.0457. The maximum Gasteiger partial charge on any atom is 0.270 e. The Morgan fingerprint density at radius 3 is 2.23 bits per heavy atom. The largest absolute Gasteiger partial charge is 0.361 e. The summed E-state index contributed by atoms with van der Waals surface area (Å²) in [4.78, 5) is 32.0. The number of hydrogen-bond acceptors (Lipinski definition) is 5. The van der Waals surface area contributed by atoms with Crippen LogP contribution < -0.4 is 10.6 Å². The lowest BCUT2D eigenvalue weighted by molar-refractivity contribution is -0.119. The van der Waals surface area contributed by atoms with Gasteiger partial charge in [0.15, 0.2) is 0 Å². The fourth-order valence-corrected chi connectivity index (χ4v) is 6.90. The molecule has 44 heavy (non-hydrogen) atoms. The van der Waals surface area contributed by atoms with E-state index in [4.69, 9.17) is 9.72 Å². The van der Waals surface area contributed by atoms with Gasteiger partial charge >= 0.3 is 0 Å². The molecule has 2 fully saturated rings. The van der Waals surface area contributed by atoms with Crippen LogP contribution in [0.25, 0.3) is 11.3 Å². The molecule has 0 bridgehead atoms. The van der Waals surface area contributed by atoms with E-state index in [9.17, 15) is 9.59 Å². The van der Waals surface area contributed by atoms with Gasteiger partial charge in [-0.15, -0.1) is 0 Å². The predicted molar refractivity (Wildman–Crippen MR) is 177 cm³/mol. The Morgan fingerprint density at radius 2 is 1.66 bits per heavy atom. The normalized spacial score (nSPS) is 16.1. The third kappa shape index (κ3) is 7.88. The zero-order valence-corrected chi connectivity index (χ0v) is 28.5. The van der Waals surface area contributed by atoms with E-state index in [1.165, 1.54) is 0 Å². The van der Waals surface area contributed by atoms with Crippen molar-refractivity contribution in [2.24, 2.45) is 17.8 Å². The van der Waals surface area contributed by atoms with Crippen molar-refractivity contribution in [3.8, 4) is 11.3 Å². The first kappa shape index (κ1) is 32.2. The first-order valence-electron chi connectivity index (χ1n) is 16.3. The molecular formula is C34H50N6O3Si. The lowest BCUT2D eigenvalue weighted by Gasteiger charge is -2.28. The fourth-order valence-electron chi connectivity index (χ4n) is 6.14. The van der Waals surface area contributed by atoms with Crippen LogP contribution in [0.1, 0.15) is 81.5 Å². The van der Waals surface area contributed by atoms with Gasteiger partial charge in [0, 0.05) is 38.2 Å². The van der Waals surface area contributed by atoms with E-state index < -0.39 is 14.1 Å². The number of anilines is 1. The van der Waals surface area contributed by atoms with Crippen molar-refractivity contribution in [1.29, 1.82) is 0 Å². The van der Waals surface area contributed by atoms with Crippen molar-refractivity contribution in [1.82, 2.24) is 24.6 Å². The van der Waals surface area contributed by atoms with Gasteiger partial charge in [0.25, 0.3) is 5.91 Å². The summed E-state index contributed by atoms with van der Waals surface area (Å²) in [6.07, 6.45) is 7.98. The van der Waals surface area contributed by atoms with Crippen molar-refractivity contribution >= 4 is 25.6 Å². The van der Waals surface area contributed by atoms with Crippen molar-refractivity contribution in [2.75, 3.05) is 11.9 Å². The van der Waals surface area contributed by atoms with Crippen LogP contribution in [0.2, 0.25) is 25.7 Å². The number of nitrogens with zero attached hydrogens (tertiary/aromatic N) is 4. The highest BCUT2D eigenvalue weighted by atomic mass is 28.3. The van der Waals surface area contributed by atoms with Crippen LogP contribution in [0.4, 0.5) is 5.69 Å². The summed E-state index contributed by atoms with van der Waals surface area (Å²) in [5.74, 6) is 0.984. The van der Waals surface area contributed by atoms with Gasteiger partial charge in [-0.1, -0.05) is 45.6 Å². The molecule has 0 radical (unpaired) electrons. The molecule has 10 heteroatoms. The van der Waals surface area contributed by atoms with Crippen LogP contribution in [0.3, 0.4) is 0 Å². The third-order valence-corrected chi connectivity index (χ3v) is 10.5. The molecule has 238 valence electrons. The Balaban J connectivity index is 1.30. The fraction of sp³-hybridized carbons (Fsp3) is 0.588. The number of ether oxygens (including phenoxy) is 1. The number of nitrogens with one attached hydrogen (secondary N) is 2. The van der Waals surface area contributed by atoms with E-state index >= 15 is 0 Å². The summed E-state index contributed by atoms with van der Waals surface area (Å²) in [5, 5.41) is 10.6. The Hall–Kier alpha value is -3.24. The number of benzene rings is 1. The average molecular weight is 619 g/mol. The molecular weight excluding hydrogens is 568 g/mol. The Morgan fingerprint density at radius 1 is 1.00 bits per heavy atom. The monoisotopic (exact) mass is 618 g/mol. The van der Waals surface area contributed by atoms with Crippen LogP contribution in [-0.2, 0) is 16.3 Å². The minimum atomic E-state index is -1.15. The van der Waals surface area contributed by atoms with Gasteiger partial charge in [-0.3, -0.25) is 14.3 Å². The zero-order chi connectivity index (χ0) is 31.6. The zero-order valence-electron chi connectivity index (χ0n) is 27.5. The van der Waals surface area contributed by atoms with Crippen LogP contribution in [0.5, 0.6) is 0 Å². The van der Waals surface area contributed by atoms with Crippen LogP contribution in [0.15, 0.2) is 42.9 Å². The average Bonchev–Trinajstić information content (AvgIpc) is 3.88. The Kier molecular flexibility index (Phi) is 9.79. The second-order valence-corrected chi connectivity index (χ2v) is 20.1. The topological polar surface area (TPSA) is 103 Å². The highest BCUT2D eigenvalue weighted by Gasteiger charge is 2.48. The van der Waals surface area contributed by atoms with Gasteiger partial charge in [-0.25, -0.2) is 4.98 Å². The number of carbonyl (C=O) groups is 2. The lowest BCUT2D eigenvalue weighted by atomic mass is 9.88. The molecule has 2 aliphatic carbocycles. The van der Waals surface area contributed by atoms with Gasteiger partial charge in [-0.05, 0) is 87.4 Å². The number of carbonyl (C=O) groups excluding carboxylic acids is 2. The summed E-state index contributed by atoms with van der Waals surface area (Å²) in [7, 11) is -1.15. The molecule has 2 aliphatic rings. The number of imidazole rings is 1. The standard InChI is InChI=1S/C34H50N6O3Si/c1-22(2)32-30(35-20-39(32)21-43-18-19-44(5,6)7)26-12-14-27(15-13-26)37-34(42)31(29(24-8-9-24)25-10-11-25)38-33(41)28-16-17-36-40(28)23(3)4/h12-17,20,22-25,29,31H,8-11,18-19,21H2,1-7H3,(H,37,42)(H,38,41). The molecule has 5 rings (SSSR count). The number of rotatable bonds is 15. The van der Waals surface area contributed by atoms with E-state index in [0.717, 1.165) is 55.3 Å². The second kappa shape index (κ2) is 13.4. The SMILES string of the molecule is CC(C)c1c(-c2ccc(NC(=O)C(NC(=O)c3ccnn3C(C)C)C(C3CC3)C3CC3)cc2)ncn1COCC[Si](C)(C)C. The van der Waals surface area contributed by atoms with Gasteiger partial charge in [-0.2, -0.15) is 5.10 Å². The predicted octanol–water partition coefficient (Wildman–Crippen LogP) is 6.94. The maximum absolute atomic E-state index is 13.9. The maximum atomic E-state index is 13.9. The highest BCUT2D eigenvalue weighted by Crippen LogP contribution is 2.51. The molecule has 3 aromatic rings. The third-order valence-electron chi connectivity index (χ3n) is 8.76. The Bertz CT molecular complexity index is 1420. The Labute approximate surface area is 263 Å². The van der Waals surface area contributed by atoms with E-state index in [0.29, 0.717) is 29.9 Å². The molecule has 1 atom stereocenters. The van der Waals surface area contributed by atoms with E-state index in [1.807, 2.05) is 44.4 Å². The van der Waals surface area contributed by atoms with E-state index in [-0.39, 0.29) is 29.7 Å². The molecule has 2 aromatic heterocycles. The van der Waals surface area contributed by atoms with E-state index in [2.05, 4.69) is 53.8 Å². The number of amides is 2.